The Kier molecular flexibility index (Phi) is 4.02. The van der Waals surface area contributed by atoms with E-state index in [0.29, 0.717) is 5.56 Å². The normalized spacial score (nSPS) is 16.8. The van der Waals surface area contributed by atoms with Crippen molar-refractivity contribution in [1.29, 1.82) is 0 Å². The summed E-state index contributed by atoms with van der Waals surface area (Å²) < 4.78 is 0. The molecule has 0 spiro atoms. The summed E-state index contributed by atoms with van der Waals surface area (Å²) >= 11 is 0. The fraction of sp³-hybridized carbons (Fsp3) is 0.533. The van der Waals surface area contributed by atoms with E-state index in [1.807, 2.05) is 0 Å². The zero-order valence-corrected chi connectivity index (χ0v) is 11.2. The Balaban J connectivity index is 1.92. The third-order valence-electron chi connectivity index (χ3n) is 3.25. The van der Waals surface area contributed by atoms with Gasteiger partial charge in [0.1, 0.15) is 0 Å². The van der Waals surface area contributed by atoms with Crippen LogP contribution in [-0.2, 0) is 0 Å². The molecule has 3 nitrogen and oxygen atoms in total. The highest BCUT2D eigenvalue weighted by molar-refractivity contribution is 5.94. The SMILES string of the molecule is CC(C)(CN1CCCC1)NC(=O)c1cc[c]cc1. The Labute approximate surface area is 109 Å². The average Bonchev–Trinajstić information content (AvgIpc) is 2.81. The van der Waals surface area contributed by atoms with Gasteiger partial charge >= 0.3 is 0 Å². The van der Waals surface area contributed by atoms with Crippen LogP contribution < -0.4 is 5.32 Å². The largest absolute Gasteiger partial charge is 0.346 e. The first-order chi connectivity index (χ1) is 8.57. The van der Waals surface area contributed by atoms with Gasteiger partial charge in [0.15, 0.2) is 0 Å². The lowest BCUT2D eigenvalue weighted by molar-refractivity contribution is 0.0894. The molecule has 0 saturated carbocycles. The first-order valence-corrected chi connectivity index (χ1v) is 6.58. The molecule has 97 valence electrons. The highest BCUT2D eigenvalue weighted by Crippen LogP contribution is 2.13. The topological polar surface area (TPSA) is 32.3 Å². The number of rotatable bonds is 4. The van der Waals surface area contributed by atoms with Gasteiger partial charge in [-0.15, -0.1) is 0 Å². The Hall–Kier alpha value is -1.35. The number of amides is 1. The molecule has 0 aromatic heterocycles. The molecule has 1 radical (unpaired) electrons. The van der Waals surface area contributed by atoms with E-state index in [1.165, 1.54) is 12.8 Å². The zero-order chi connectivity index (χ0) is 13.0. The van der Waals surface area contributed by atoms with E-state index in [9.17, 15) is 4.79 Å². The number of carbonyl (C=O) groups excluding carboxylic acids is 1. The fourth-order valence-corrected chi connectivity index (χ4v) is 2.46. The van der Waals surface area contributed by atoms with E-state index in [2.05, 4.69) is 30.1 Å². The molecule has 0 aliphatic carbocycles. The van der Waals surface area contributed by atoms with E-state index < -0.39 is 0 Å². The first kappa shape index (κ1) is 13.1. The molecule has 18 heavy (non-hydrogen) atoms. The quantitative estimate of drug-likeness (QED) is 0.881. The van der Waals surface area contributed by atoms with Crippen molar-refractivity contribution in [3.05, 3.63) is 35.9 Å². The Morgan fingerprint density at radius 2 is 1.94 bits per heavy atom. The van der Waals surface area contributed by atoms with Crippen LogP contribution in [0.5, 0.6) is 0 Å². The van der Waals surface area contributed by atoms with E-state index in [-0.39, 0.29) is 11.4 Å². The summed E-state index contributed by atoms with van der Waals surface area (Å²) in [4.78, 5) is 14.5. The molecule has 1 N–H and O–H groups in total. The maximum absolute atomic E-state index is 12.1. The van der Waals surface area contributed by atoms with Crippen LogP contribution in [0.1, 0.15) is 37.0 Å². The fourth-order valence-electron chi connectivity index (χ4n) is 2.46. The molecule has 0 bridgehead atoms. The van der Waals surface area contributed by atoms with Gasteiger partial charge in [-0.1, -0.05) is 12.1 Å². The highest BCUT2D eigenvalue weighted by atomic mass is 16.1. The predicted molar refractivity (Wildman–Crippen MR) is 72.5 cm³/mol. The summed E-state index contributed by atoms with van der Waals surface area (Å²) in [6.07, 6.45) is 2.55. The molecule has 3 heteroatoms. The molecule has 1 heterocycles. The number of hydrogen-bond donors (Lipinski definition) is 1. The van der Waals surface area contributed by atoms with Crippen molar-refractivity contribution < 1.29 is 4.79 Å². The van der Waals surface area contributed by atoms with Crippen molar-refractivity contribution in [2.24, 2.45) is 0 Å². The summed E-state index contributed by atoms with van der Waals surface area (Å²) in [6.45, 7) is 7.38. The second-order valence-corrected chi connectivity index (χ2v) is 5.61. The van der Waals surface area contributed by atoms with Crippen LogP contribution in [0, 0.1) is 6.07 Å². The van der Waals surface area contributed by atoms with Gasteiger partial charge in [-0.25, -0.2) is 0 Å². The van der Waals surface area contributed by atoms with Gasteiger partial charge in [0.2, 0.25) is 0 Å². The average molecular weight is 245 g/mol. The predicted octanol–water partition coefficient (Wildman–Crippen LogP) is 2.09. The Morgan fingerprint density at radius 3 is 2.56 bits per heavy atom. The second-order valence-electron chi connectivity index (χ2n) is 5.61. The van der Waals surface area contributed by atoms with Crippen LogP contribution in [0.3, 0.4) is 0 Å². The summed E-state index contributed by atoms with van der Waals surface area (Å²) in [5.74, 6) is -0.00630. The van der Waals surface area contributed by atoms with Crippen molar-refractivity contribution in [1.82, 2.24) is 10.2 Å². The Morgan fingerprint density at radius 1 is 1.33 bits per heavy atom. The third-order valence-corrected chi connectivity index (χ3v) is 3.25. The first-order valence-electron chi connectivity index (χ1n) is 6.58. The number of likely N-dealkylation sites (tertiary alicyclic amines) is 1. The lowest BCUT2D eigenvalue weighted by atomic mass is 10.0. The van der Waals surface area contributed by atoms with Gasteiger partial charge in [-0.3, -0.25) is 4.79 Å². The highest BCUT2D eigenvalue weighted by Gasteiger charge is 2.25. The number of nitrogens with zero attached hydrogens (tertiary/aromatic N) is 1. The molecular weight excluding hydrogens is 224 g/mol. The molecule has 1 aromatic rings. The van der Waals surface area contributed by atoms with Crippen molar-refractivity contribution in [2.75, 3.05) is 19.6 Å². The number of carbonyl (C=O) groups is 1. The van der Waals surface area contributed by atoms with Crippen LogP contribution in [0.15, 0.2) is 24.3 Å². The van der Waals surface area contributed by atoms with E-state index in [1.54, 1.807) is 24.3 Å². The van der Waals surface area contributed by atoms with E-state index in [0.717, 1.165) is 19.6 Å². The number of hydrogen-bond acceptors (Lipinski definition) is 2. The van der Waals surface area contributed by atoms with Gasteiger partial charge in [0, 0.05) is 17.6 Å². The van der Waals surface area contributed by atoms with Crippen LogP contribution in [0.4, 0.5) is 0 Å². The van der Waals surface area contributed by atoms with Crippen LogP contribution >= 0.6 is 0 Å². The summed E-state index contributed by atoms with van der Waals surface area (Å²) in [7, 11) is 0. The molecular formula is C15H21N2O. The molecule has 0 unspecified atom stereocenters. The molecule has 0 atom stereocenters. The minimum atomic E-state index is -0.193. The maximum Gasteiger partial charge on any atom is 0.251 e. The van der Waals surface area contributed by atoms with Crippen molar-refractivity contribution >= 4 is 5.91 Å². The van der Waals surface area contributed by atoms with Gasteiger partial charge in [0.25, 0.3) is 5.91 Å². The van der Waals surface area contributed by atoms with E-state index in [4.69, 9.17) is 0 Å². The lowest BCUT2D eigenvalue weighted by Gasteiger charge is -2.31. The smallest absolute Gasteiger partial charge is 0.251 e. The number of benzene rings is 1. The van der Waals surface area contributed by atoms with Crippen LogP contribution in [-0.4, -0.2) is 36.0 Å². The molecule has 2 rings (SSSR count). The standard InChI is InChI=1S/C15H21N2O/c1-15(2,12-17-10-6-7-11-17)16-14(18)13-8-4-3-5-9-13/h4-5,8-9H,6-7,10-12H2,1-2H3,(H,16,18). The monoisotopic (exact) mass is 245 g/mol. The molecule has 1 aliphatic heterocycles. The minimum absolute atomic E-state index is 0.00630. The van der Waals surface area contributed by atoms with Gasteiger partial charge in [0.05, 0.1) is 0 Å². The molecule has 1 fully saturated rings. The minimum Gasteiger partial charge on any atom is -0.346 e. The van der Waals surface area contributed by atoms with Gasteiger partial charge in [-0.2, -0.15) is 0 Å². The molecule has 1 amide bonds. The second kappa shape index (κ2) is 5.53. The van der Waals surface area contributed by atoms with Crippen molar-refractivity contribution in [3.63, 3.8) is 0 Å². The lowest BCUT2D eigenvalue weighted by Crippen LogP contribution is -2.50. The zero-order valence-electron chi connectivity index (χ0n) is 11.2. The maximum atomic E-state index is 12.1. The third kappa shape index (κ3) is 3.57. The van der Waals surface area contributed by atoms with Gasteiger partial charge < -0.3 is 10.2 Å². The van der Waals surface area contributed by atoms with Crippen molar-refractivity contribution in [3.8, 4) is 0 Å². The van der Waals surface area contributed by atoms with Gasteiger partial charge in [-0.05, 0) is 58.0 Å². The molecule has 1 aromatic carbocycles. The number of nitrogens with one attached hydrogen (secondary N) is 1. The van der Waals surface area contributed by atoms with E-state index >= 15 is 0 Å². The summed E-state index contributed by atoms with van der Waals surface area (Å²) in [6, 6.07) is 10.0. The molecule has 1 saturated heterocycles. The van der Waals surface area contributed by atoms with Crippen LogP contribution in [0.2, 0.25) is 0 Å². The summed E-state index contributed by atoms with van der Waals surface area (Å²) in [5, 5.41) is 3.10. The Bertz CT molecular complexity index is 394. The molecule has 1 aliphatic rings. The summed E-state index contributed by atoms with van der Waals surface area (Å²) in [5.41, 5.74) is 0.504. The van der Waals surface area contributed by atoms with Crippen molar-refractivity contribution in [2.45, 2.75) is 32.2 Å². The van der Waals surface area contributed by atoms with Crippen LogP contribution in [0.25, 0.3) is 0 Å².